The molecule has 2 heterocycles. The second-order valence-electron chi connectivity index (χ2n) is 5.61. The highest BCUT2D eigenvalue weighted by atomic mass is 19.4. The van der Waals surface area contributed by atoms with Gasteiger partial charge in [-0.15, -0.1) is 15.3 Å². The van der Waals surface area contributed by atoms with Gasteiger partial charge in [0.05, 0.1) is 11.6 Å². The van der Waals surface area contributed by atoms with E-state index in [1.165, 1.54) is 19.1 Å². The van der Waals surface area contributed by atoms with Crippen LogP contribution >= 0.6 is 0 Å². The van der Waals surface area contributed by atoms with Gasteiger partial charge in [-0.05, 0) is 36.8 Å². The maximum atomic E-state index is 13.7. The van der Waals surface area contributed by atoms with Crippen LogP contribution in [0.15, 0.2) is 30.3 Å². The minimum atomic E-state index is -4.83. The Bertz CT molecular complexity index is 977. The average molecular weight is 393 g/mol. The molecule has 2 aromatic heterocycles. The number of hydrogen-bond acceptors (Lipinski definition) is 4. The van der Waals surface area contributed by atoms with Crippen LogP contribution in [0.3, 0.4) is 0 Å². The van der Waals surface area contributed by atoms with E-state index >= 15 is 0 Å². The van der Waals surface area contributed by atoms with Crippen LogP contribution in [0.2, 0.25) is 0 Å². The molecular weight excluding hydrogens is 383 g/mol. The van der Waals surface area contributed by atoms with Crippen LogP contribution < -0.4 is 5.32 Å². The molecule has 0 aliphatic heterocycles. The molecule has 0 aliphatic rings. The third-order valence-electron chi connectivity index (χ3n) is 3.68. The summed E-state index contributed by atoms with van der Waals surface area (Å²) in [7, 11) is 0. The van der Waals surface area contributed by atoms with E-state index in [-0.39, 0.29) is 17.0 Å². The highest BCUT2D eigenvalue weighted by molar-refractivity contribution is 5.45. The number of benzene rings is 1. The van der Waals surface area contributed by atoms with Gasteiger partial charge in [0.15, 0.2) is 5.65 Å². The summed E-state index contributed by atoms with van der Waals surface area (Å²) in [5, 5.41) is 12.8. The number of rotatable bonds is 3. The van der Waals surface area contributed by atoms with Gasteiger partial charge in [0, 0.05) is 0 Å². The van der Waals surface area contributed by atoms with Gasteiger partial charge in [0.2, 0.25) is 0 Å². The van der Waals surface area contributed by atoms with Gasteiger partial charge in [0.25, 0.3) is 5.82 Å². The molecule has 0 aliphatic carbocycles. The molecule has 5 nitrogen and oxygen atoms in total. The zero-order valence-corrected chi connectivity index (χ0v) is 13.4. The lowest BCUT2D eigenvalue weighted by Gasteiger charge is -2.16. The average Bonchev–Trinajstić information content (AvgIpc) is 2.96. The van der Waals surface area contributed by atoms with E-state index in [2.05, 4.69) is 20.6 Å². The summed E-state index contributed by atoms with van der Waals surface area (Å²) in [4.78, 5) is 0. The first-order chi connectivity index (χ1) is 12.5. The van der Waals surface area contributed by atoms with Gasteiger partial charge < -0.3 is 5.32 Å². The first kappa shape index (κ1) is 18.9. The fourth-order valence-corrected chi connectivity index (χ4v) is 2.38. The summed E-state index contributed by atoms with van der Waals surface area (Å²) >= 11 is 0. The van der Waals surface area contributed by atoms with E-state index in [0.717, 1.165) is 6.07 Å². The van der Waals surface area contributed by atoms with Crippen molar-refractivity contribution in [2.24, 2.45) is 0 Å². The highest BCUT2D eigenvalue weighted by Gasteiger charge is 2.38. The molecule has 0 radical (unpaired) electrons. The number of anilines is 1. The fraction of sp³-hybridized carbons (Fsp3) is 0.267. The van der Waals surface area contributed by atoms with E-state index in [4.69, 9.17) is 0 Å². The van der Waals surface area contributed by atoms with Crippen molar-refractivity contribution in [3.8, 4) is 0 Å². The van der Waals surface area contributed by atoms with E-state index in [0.29, 0.717) is 16.6 Å². The zero-order valence-electron chi connectivity index (χ0n) is 13.4. The quantitative estimate of drug-likeness (QED) is 0.667. The van der Waals surface area contributed by atoms with Gasteiger partial charge in [-0.3, -0.25) is 0 Å². The first-order valence-corrected chi connectivity index (χ1v) is 7.39. The van der Waals surface area contributed by atoms with Gasteiger partial charge in [-0.2, -0.15) is 30.9 Å². The van der Waals surface area contributed by atoms with Crippen LogP contribution in [-0.2, 0) is 12.4 Å². The fourth-order valence-electron chi connectivity index (χ4n) is 2.38. The molecule has 0 saturated carbocycles. The molecule has 27 heavy (non-hydrogen) atoms. The van der Waals surface area contributed by atoms with E-state index in [1.807, 2.05) is 0 Å². The Morgan fingerprint density at radius 3 is 2.26 bits per heavy atom. The summed E-state index contributed by atoms with van der Waals surface area (Å²) in [6, 6.07) is 4.19. The molecule has 3 rings (SSSR count). The van der Waals surface area contributed by atoms with Gasteiger partial charge >= 0.3 is 12.4 Å². The number of nitrogens with one attached hydrogen (secondary N) is 1. The van der Waals surface area contributed by atoms with Gasteiger partial charge in [0.1, 0.15) is 11.6 Å². The molecule has 3 aromatic rings. The Kier molecular flexibility index (Phi) is 4.44. The van der Waals surface area contributed by atoms with Crippen molar-refractivity contribution in [1.29, 1.82) is 0 Å². The molecular formula is C15H10F7N5. The number of nitrogens with zero attached hydrogens (tertiary/aromatic N) is 4. The smallest absolute Gasteiger partial charge is 0.362 e. The van der Waals surface area contributed by atoms with Crippen molar-refractivity contribution in [1.82, 2.24) is 19.8 Å². The molecule has 12 heteroatoms. The Balaban J connectivity index is 1.88. The van der Waals surface area contributed by atoms with Crippen LogP contribution in [0.1, 0.15) is 29.9 Å². The predicted molar refractivity (Wildman–Crippen MR) is 79.2 cm³/mol. The number of alkyl halides is 6. The zero-order chi connectivity index (χ0) is 20.0. The van der Waals surface area contributed by atoms with E-state index < -0.39 is 35.6 Å². The Labute approximate surface area is 146 Å². The van der Waals surface area contributed by atoms with Crippen LogP contribution in [0.4, 0.5) is 36.6 Å². The van der Waals surface area contributed by atoms with Crippen molar-refractivity contribution in [3.05, 3.63) is 53.1 Å². The minimum absolute atomic E-state index is 0.0272. The number of hydrogen-bond donors (Lipinski definition) is 1. The maximum absolute atomic E-state index is 13.7. The Morgan fingerprint density at radius 1 is 0.963 bits per heavy atom. The molecule has 1 unspecified atom stereocenters. The van der Waals surface area contributed by atoms with Gasteiger partial charge in [-0.25, -0.2) is 4.39 Å². The van der Waals surface area contributed by atoms with Gasteiger partial charge in [-0.1, -0.05) is 6.07 Å². The van der Waals surface area contributed by atoms with E-state index in [9.17, 15) is 30.7 Å². The Hall–Kier alpha value is -2.92. The van der Waals surface area contributed by atoms with Crippen LogP contribution in [0.5, 0.6) is 0 Å². The topological polar surface area (TPSA) is 55.1 Å². The molecule has 144 valence electrons. The number of fused-ring (bicyclic) bond motifs is 1. The number of halogens is 7. The number of aromatic nitrogens is 4. The lowest BCUT2D eigenvalue weighted by Crippen LogP contribution is -2.15. The monoisotopic (exact) mass is 393 g/mol. The van der Waals surface area contributed by atoms with Crippen molar-refractivity contribution in [2.45, 2.75) is 25.3 Å². The summed E-state index contributed by atoms with van der Waals surface area (Å²) < 4.78 is 90.6. The molecule has 0 fully saturated rings. The van der Waals surface area contributed by atoms with Crippen molar-refractivity contribution in [3.63, 3.8) is 0 Å². The molecule has 0 amide bonds. The summed E-state index contributed by atoms with van der Waals surface area (Å²) in [5.41, 5.74) is -1.39. The first-order valence-electron chi connectivity index (χ1n) is 7.39. The van der Waals surface area contributed by atoms with Crippen molar-refractivity contribution < 1.29 is 30.7 Å². The molecule has 1 aromatic carbocycles. The normalized spacial score (nSPS) is 13.8. The molecule has 0 spiro atoms. The largest absolute Gasteiger partial charge is 0.453 e. The minimum Gasteiger partial charge on any atom is -0.362 e. The van der Waals surface area contributed by atoms with E-state index in [1.54, 1.807) is 0 Å². The summed E-state index contributed by atoms with van der Waals surface area (Å²) in [5.74, 6) is -2.80. The summed E-state index contributed by atoms with van der Waals surface area (Å²) in [6.45, 7) is 1.49. The third kappa shape index (κ3) is 3.78. The molecule has 1 atom stereocenters. The molecule has 1 N–H and O–H groups in total. The highest BCUT2D eigenvalue weighted by Crippen LogP contribution is 2.33. The van der Waals surface area contributed by atoms with Crippen molar-refractivity contribution in [2.75, 3.05) is 5.32 Å². The second kappa shape index (κ2) is 6.35. The molecule has 0 bridgehead atoms. The SMILES string of the molecule is CC(Nc1ccc2nnc(C(F)(F)F)n2n1)c1ccc(C(F)(F)F)c(F)c1. The maximum Gasteiger partial charge on any atom is 0.453 e. The Morgan fingerprint density at radius 2 is 1.67 bits per heavy atom. The van der Waals surface area contributed by atoms with Crippen molar-refractivity contribution >= 4 is 11.5 Å². The van der Waals surface area contributed by atoms with Crippen LogP contribution in [-0.4, -0.2) is 19.8 Å². The van der Waals surface area contributed by atoms with Crippen LogP contribution in [0, 0.1) is 5.82 Å². The second-order valence-corrected chi connectivity index (χ2v) is 5.61. The van der Waals surface area contributed by atoms with Crippen LogP contribution in [0.25, 0.3) is 5.65 Å². The predicted octanol–water partition coefficient (Wildman–Crippen LogP) is 4.47. The third-order valence-corrected chi connectivity index (χ3v) is 3.68. The lowest BCUT2D eigenvalue weighted by atomic mass is 10.1. The molecule has 0 saturated heterocycles. The summed E-state index contributed by atoms with van der Waals surface area (Å²) in [6.07, 6.45) is -9.60. The lowest BCUT2D eigenvalue weighted by molar-refractivity contribution is -0.146. The standard InChI is InChI=1S/C15H10F7N5/c1-7(8-2-3-9(10(16)6-8)14(17,18)19)23-11-4-5-12-24-25-13(15(20,21)22)27(12)26-11/h2-7H,1H3,(H,23,26).